The number of benzene rings is 2. The zero-order chi connectivity index (χ0) is 20.8. The van der Waals surface area contributed by atoms with Gasteiger partial charge in [0.15, 0.2) is 0 Å². The standard InChI is InChI=1S/C22H24N4O3/c1-3-12-25(14-21(28)24-18-10-6-4-8-16(18)2)22(29)15-26-19-11-7-5-9-17(19)20(27)13-23-26/h4-11,13H,3,12,14-15H2,1-2H3,(H,24,28). The van der Waals surface area contributed by atoms with Crippen LogP contribution in [0.2, 0.25) is 0 Å². The Labute approximate surface area is 169 Å². The first kappa shape index (κ1) is 20.3. The Kier molecular flexibility index (Phi) is 6.39. The van der Waals surface area contributed by atoms with Gasteiger partial charge < -0.3 is 10.2 Å². The van der Waals surface area contributed by atoms with Gasteiger partial charge in [-0.1, -0.05) is 37.3 Å². The largest absolute Gasteiger partial charge is 0.332 e. The third-order valence-electron chi connectivity index (χ3n) is 4.65. The number of nitrogens with zero attached hydrogens (tertiary/aromatic N) is 3. The van der Waals surface area contributed by atoms with Crippen LogP contribution in [0, 0.1) is 6.92 Å². The minimum atomic E-state index is -0.251. The quantitative estimate of drug-likeness (QED) is 0.670. The van der Waals surface area contributed by atoms with E-state index in [1.165, 1.54) is 15.8 Å². The molecule has 0 aliphatic heterocycles. The van der Waals surface area contributed by atoms with Crippen LogP contribution in [-0.2, 0) is 16.1 Å². The van der Waals surface area contributed by atoms with Crippen molar-refractivity contribution in [3.05, 3.63) is 70.5 Å². The lowest BCUT2D eigenvalue weighted by atomic mass is 10.2. The number of hydrogen-bond acceptors (Lipinski definition) is 4. The molecule has 0 aliphatic rings. The van der Waals surface area contributed by atoms with Crippen LogP contribution < -0.4 is 10.7 Å². The summed E-state index contributed by atoms with van der Waals surface area (Å²) in [6, 6.07) is 14.5. The summed E-state index contributed by atoms with van der Waals surface area (Å²) in [5, 5.41) is 7.47. The second-order valence-electron chi connectivity index (χ2n) is 6.86. The molecule has 0 bridgehead atoms. The molecular formula is C22H24N4O3. The Morgan fingerprint density at radius 2 is 1.83 bits per heavy atom. The van der Waals surface area contributed by atoms with Crippen molar-refractivity contribution in [2.24, 2.45) is 0 Å². The lowest BCUT2D eigenvalue weighted by Crippen LogP contribution is -2.40. The second-order valence-corrected chi connectivity index (χ2v) is 6.86. The first-order valence-corrected chi connectivity index (χ1v) is 9.57. The number of carbonyl (C=O) groups excluding carboxylic acids is 2. The molecule has 1 N–H and O–H groups in total. The fourth-order valence-corrected chi connectivity index (χ4v) is 3.15. The molecule has 150 valence electrons. The van der Waals surface area contributed by atoms with E-state index in [1.807, 2.05) is 38.1 Å². The number of carbonyl (C=O) groups is 2. The van der Waals surface area contributed by atoms with Gasteiger partial charge >= 0.3 is 0 Å². The molecule has 0 saturated carbocycles. The molecule has 1 aromatic heterocycles. The normalized spacial score (nSPS) is 10.7. The number of anilines is 1. The number of fused-ring (bicyclic) bond motifs is 1. The fraction of sp³-hybridized carbons (Fsp3) is 0.273. The van der Waals surface area contributed by atoms with E-state index in [0.29, 0.717) is 17.4 Å². The highest BCUT2D eigenvalue weighted by Crippen LogP contribution is 2.13. The fourth-order valence-electron chi connectivity index (χ4n) is 3.15. The summed E-state index contributed by atoms with van der Waals surface area (Å²) in [4.78, 5) is 38.9. The van der Waals surface area contributed by atoms with E-state index in [2.05, 4.69) is 10.4 Å². The first-order valence-electron chi connectivity index (χ1n) is 9.57. The van der Waals surface area contributed by atoms with Crippen LogP contribution in [-0.4, -0.2) is 39.6 Å². The van der Waals surface area contributed by atoms with Gasteiger partial charge in [0.2, 0.25) is 17.2 Å². The zero-order valence-electron chi connectivity index (χ0n) is 16.6. The molecular weight excluding hydrogens is 368 g/mol. The van der Waals surface area contributed by atoms with Crippen molar-refractivity contribution in [3.8, 4) is 0 Å². The predicted octanol–water partition coefficient (Wildman–Crippen LogP) is 2.58. The molecule has 0 atom stereocenters. The van der Waals surface area contributed by atoms with Gasteiger partial charge in [0, 0.05) is 17.6 Å². The van der Waals surface area contributed by atoms with Crippen molar-refractivity contribution in [1.82, 2.24) is 14.7 Å². The number of rotatable bonds is 7. The van der Waals surface area contributed by atoms with Gasteiger partial charge in [-0.15, -0.1) is 0 Å². The number of aromatic nitrogens is 2. The SMILES string of the molecule is CCCN(CC(=O)Nc1ccccc1C)C(=O)Cn1ncc(=O)c2ccccc21. The van der Waals surface area contributed by atoms with E-state index < -0.39 is 0 Å². The van der Waals surface area contributed by atoms with E-state index in [0.717, 1.165) is 17.7 Å². The Morgan fingerprint density at radius 3 is 2.59 bits per heavy atom. The highest BCUT2D eigenvalue weighted by atomic mass is 16.2. The number of nitrogens with one attached hydrogen (secondary N) is 1. The minimum Gasteiger partial charge on any atom is -0.332 e. The first-order chi connectivity index (χ1) is 14.0. The molecule has 0 saturated heterocycles. The zero-order valence-corrected chi connectivity index (χ0v) is 16.6. The van der Waals surface area contributed by atoms with Crippen molar-refractivity contribution < 1.29 is 9.59 Å². The molecule has 7 nitrogen and oxygen atoms in total. The maximum Gasteiger partial charge on any atom is 0.244 e. The second kappa shape index (κ2) is 9.14. The monoisotopic (exact) mass is 392 g/mol. The Morgan fingerprint density at radius 1 is 1.10 bits per heavy atom. The van der Waals surface area contributed by atoms with E-state index in [-0.39, 0.29) is 30.3 Å². The van der Waals surface area contributed by atoms with Crippen LogP contribution >= 0.6 is 0 Å². The summed E-state index contributed by atoms with van der Waals surface area (Å²) < 4.78 is 1.50. The van der Waals surface area contributed by atoms with E-state index in [1.54, 1.807) is 24.3 Å². The summed E-state index contributed by atoms with van der Waals surface area (Å²) >= 11 is 0. The van der Waals surface area contributed by atoms with Gasteiger partial charge in [0.05, 0.1) is 18.3 Å². The molecule has 29 heavy (non-hydrogen) atoms. The van der Waals surface area contributed by atoms with E-state index in [4.69, 9.17) is 0 Å². The van der Waals surface area contributed by atoms with Crippen LogP contribution in [0.5, 0.6) is 0 Å². The van der Waals surface area contributed by atoms with E-state index in [9.17, 15) is 14.4 Å². The Hall–Kier alpha value is -3.48. The van der Waals surface area contributed by atoms with Crippen LogP contribution in [0.15, 0.2) is 59.5 Å². The van der Waals surface area contributed by atoms with Crippen molar-refractivity contribution in [1.29, 1.82) is 0 Å². The number of para-hydroxylation sites is 2. The summed E-state index contributed by atoms with van der Waals surface area (Å²) in [5.41, 5.74) is 2.09. The number of amides is 2. The van der Waals surface area contributed by atoms with Gasteiger partial charge in [-0.05, 0) is 37.1 Å². The molecule has 0 spiro atoms. The van der Waals surface area contributed by atoms with Crippen LogP contribution in [0.25, 0.3) is 10.9 Å². The maximum atomic E-state index is 12.9. The van der Waals surface area contributed by atoms with Crippen molar-refractivity contribution >= 4 is 28.4 Å². The maximum absolute atomic E-state index is 12.9. The molecule has 7 heteroatoms. The Bertz CT molecular complexity index is 1090. The van der Waals surface area contributed by atoms with Crippen LogP contribution in [0.4, 0.5) is 5.69 Å². The van der Waals surface area contributed by atoms with Crippen molar-refractivity contribution in [2.75, 3.05) is 18.4 Å². The van der Waals surface area contributed by atoms with Crippen LogP contribution in [0.3, 0.4) is 0 Å². The summed E-state index contributed by atoms with van der Waals surface area (Å²) in [5.74, 6) is -0.480. The lowest BCUT2D eigenvalue weighted by molar-refractivity contribution is -0.135. The highest BCUT2D eigenvalue weighted by molar-refractivity contribution is 5.95. The molecule has 3 aromatic rings. The molecule has 1 heterocycles. The average molecular weight is 392 g/mol. The third kappa shape index (κ3) is 4.87. The van der Waals surface area contributed by atoms with Gasteiger partial charge in [-0.3, -0.25) is 19.1 Å². The average Bonchev–Trinajstić information content (AvgIpc) is 2.71. The number of hydrogen-bond donors (Lipinski definition) is 1. The van der Waals surface area contributed by atoms with Crippen LogP contribution in [0.1, 0.15) is 18.9 Å². The predicted molar refractivity (Wildman–Crippen MR) is 113 cm³/mol. The van der Waals surface area contributed by atoms with Gasteiger partial charge in [0.25, 0.3) is 0 Å². The molecule has 0 fully saturated rings. The molecule has 2 amide bonds. The van der Waals surface area contributed by atoms with Gasteiger partial charge in [-0.2, -0.15) is 5.10 Å². The molecule has 0 radical (unpaired) electrons. The van der Waals surface area contributed by atoms with Crippen molar-refractivity contribution in [2.45, 2.75) is 26.8 Å². The molecule has 2 aromatic carbocycles. The molecule has 0 unspecified atom stereocenters. The topological polar surface area (TPSA) is 84.3 Å². The van der Waals surface area contributed by atoms with E-state index >= 15 is 0 Å². The molecule has 0 aliphatic carbocycles. The summed E-state index contributed by atoms with van der Waals surface area (Å²) in [6.45, 7) is 4.24. The summed E-state index contributed by atoms with van der Waals surface area (Å²) in [7, 11) is 0. The third-order valence-corrected chi connectivity index (χ3v) is 4.65. The van der Waals surface area contributed by atoms with Crippen molar-refractivity contribution in [3.63, 3.8) is 0 Å². The van der Waals surface area contributed by atoms with Gasteiger partial charge in [0.1, 0.15) is 6.54 Å². The minimum absolute atomic E-state index is 0.0425. The van der Waals surface area contributed by atoms with Gasteiger partial charge in [-0.25, -0.2) is 0 Å². The highest BCUT2D eigenvalue weighted by Gasteiger charge is 2.18. The smallest absolute Gasteiger partial charge is 0.244 e. The molecule has 3 rings (SSSR count). The number of aryl methyl sites for hydroxylation is 1. The Balaban J connectivity index is 1.75. The summed E-state index contributed by atoms with van der Waals surface area (Å²) in [6.07, 6.45) is 1.94. The lowest BCUT2D eigenvalue weighted by Gasteiger charge is -2.22.